The maximum atomic E-state index is 12.5. The highest BCUT2D eigenvalue weighted by molar-refractivity contribution is 5.74. The summed E-state index contributed by atoms with van der Waals surface area (Å²) in [6.07, 6.45) is 0. The molecular formula is C23H31N3O2. The number of carbonyl (C=O) groups excluding carboxylic acids is 1. The smallest absolute Gasteiger partial charge is 0.317 e. The Labute approximate surface area is 168 Å². The zero-order valence-corrected chi connectivity index (χ0v) is 17.4. The van der Waals surface area contributed by atoms with Gasteiger partial charge in [-0.25, -0.2) is 4.79 Å². The summed E-state index contributed by atoms with van der Waals surface area (Å²) in [7, 11) is 1.65. The van der Waals surface area contributed by atoms with E-state index in [0.29, 0.717) is 6.54 Å². The second-order valence-corrected chi connectivity index (χ2v) is 8.25. The predicted molar refractivity (Wildman–Crippen MR) is 114 cm³/mol. The van der Waals surface area contributed by atoms with E-state index in [1.165, 1.54) is 11.3 Å². The van der Waals surface area contributed by atoms with Gasteiger partial charge >= 0.3 is 6.03 Å². The van der Waals surface area contributed by atoms with Crippen molar-refractivity contribution in [3.05, 3.63) is 59.7 Å². The molecule has 5 heteroatoms. The molecule has 0 saturated carbocycles. The number of hydrogen-bond acceptors (Lipinski definition) is 3. The van der Waals surface area contributed by atoms with Crippen LogP contribution in [0.25, 0.3) is 0 Å². The van der Waals surface area contributed by atoms with Gasteiger partial charge in [0.2, 0.25) is 0 Å². The number of methoxy groups -OCH3 is 1. The number of urea groups is 1. The number of ether oxygens (including phenoxy) is 1. The summed E-state index contributed by atoms with van der Waals surface area (Å²) in [5.41, 5.74) is 3.80. The predicted octanol–water partition coefficient (Wildman–Crippen LogP) is 4.02. The lowest BCUT2D eigenvalue weighted by Crippen LogP contribution is -2.52. The molecule has 0 radical (unpaired) electrons. The van der Waals surface area contributed by atoms with Crippen molar-refractivity contribution in [2.24, 2.45) is 0 Å². The van der Waals surface area contributed by atoms with E-state index in [0.717, 1.165) is 37.5 Å². The van der Waals surface area contributed by atoms with Crippen molar-refractivity contribution in [2.75, 3.05) is 38.2 Å². The lowest BCUT2D eigenvalue weighted by molar-refractivity contribution is 0.194. The first-order valence-corrected chi connectivity index (χ1v) is 9.88. The van der Waals surface area contributed by atoms with Gasteiger partial charge in [-0.2, -0.15) is 0 Å². The van der Waals surface area contributed by atoms with E-state index in [-0.39, 0.29) is 11.4 Å². The second-order valence-electron chi connectivity index (χ2n) is 8.25. The molecule has 1 aliphatic heterocycles. The highest BCUT2D eigenvalue weighted by atomic mass is 16.5. The number of rotatable bonds is 4. The van der Waals surface area contributed by atoms with E-state index < -0.39 is 0 Å². The van der Waals surface area contributed by atoms with Gasteiger partial charge in [0.25, 0.3) is 0 Å². The summed E-state index contributed by atoms with van der Waals surface area (Å²) in [5, 5.41) is 3.02. The SMILES string of the molecule is COc1ccc(CNC(=O)N2CCN(c3ccccc3C(C)(C)C)CC2)cc1. The third-order valence-electron chi connectivity index (χ3n) is 5.22. The molecule has 0 aromatic heterocycles. The first-order valence-electron chi connectivity index (χ1n) is 9.88. The molecule has 5 nitrogen and oxygen atoms in total. The van der Waals surface area contributed by atoms with Crippen LogP contribution in [-0.2, 0) is 12.0 Å². The van der Waals surface area contributed by atoms with E-state index >= 15 is 0 Å². The molecule has 150 valence electrons. The van der Waals surface area contributed by atoms with Crippen molar-refractivity contribution in [1.82, 2.24) is 10.2 Å². The fourth-order valence-corrected chi connectivity index (χ4v) is 3.57. The summed E-state index contributed by atoms with van der Waals surface area (Å²) < 4.78 is 5.17. The van der Waals surface area contributed by atoms with Gasteiger partial charge in [0.15, 0.2) is 0 Å². The van der Waals surface area contributed by atoms with Crippen LogP contribution in [0.2, 0.25) is 0 Å². The lowest BCUT2D eigenvalue weighted by Gasteiger charge is -2.38. The van der Waals surface area contributed by atoms with Crippen molar-refractivity contribution < 1.29 is 9.53 Å². The van der Waals surface area contributed by atoms with Crippen LogP contribution in [0.15, 0.2) is 48.5 Å². The number of hydrogen-bond donors (Lipinski definition) is 1. The van der Waals surface area contributed by atoms with Gasteiger partial charge in [-0.05, 0) is 34.7 Å². The van der Waals surface area contributed by atoms with Crippen LogP contribution in [0.1, 0.15) is 31.9 Å². The van der Waals surface area contributed by atoms with Crippen molar-refractivity contribution in [1.29, 1.82) is 0 Å². The number of amides is 2. The molecule has 0 spiro atoms. The van der Waals surface area contributed by atoms with Crippen molar-refractivity contribution in [2.45, 2.75) is 32.7 Å². The topological polar surface area (TPSA) is 44.8 Å². The number of anilines is 1. The Hall–Kier alpha value is -2.69. The minimum Gasteiger partial charge on any atom is -0.497 e. The first kappa shape index (κ1) is 20.1. The number of piperazine rings is 1. The van der Waals surface area contributed by atoms with Crippen LogP contribution in [0.3, 0.4) is 0 Å². The number of carbonyl (C=O) groups is 1. The first-order chi connectivity index (χ1) is 13.4. The molecule has 28 heavy (non-hydrogen) atoms. The van der Waals surface area contributed by atoms with Crippen LogP contribution in [-0.4, -0.2) is 44.2 Å². The Morgan fingerprint density at radius 1 is 1.00 bits per heavy atom. The Balaban J connectivity index is 1.54. The quantitative estimate of drug-likeness (QED) is 0.870. The van der Waals surface area contributed by atoms with Gasteiger partial charge in [0.1, 0.15) is 5.75 Å². The van der Waals surface area contributed by atoms with Crippen LogP contribution in [0.4, 0.5) is 10.5 Å². The van der Waals surface area contributed by atoms with E-state index in [2.05, 4.69) is 55.3 Å². The molecule has 2 aromatic carbocycles. The molecule has 1 saturated heterocycles. The number of nitrogens with one attached hydrogen (secondary N) is 1. The van der Waals surface area contributed by atoms with E-state index in [4.69, 9.17) is 4.74 Å². The van der Waals surface area contributed by atoms with E-state index in [1.807, 2.05) is 29.2 Å². The van der Waals surface area contributed by atoms with E-state index in [1.54, 1.807) is 7.11 Å². The fourth-order valence-electron chi connectivity index (χ4n) is 3.57. The highest BCUT2D eigenvalue weighted by Gasteiger charge is 2.25. The monoisotopic (exact) mass is 381 g/mol. The molecule has 3 rings (SSSR count). The largest absolute Gasteiger partial charge is 0.497 e. The number of benzene rings is 2. The van der Waals surface area contributed by atoms with Crippen molar-refractivity contribution in [3.63, 3.8) is 0 Å². The molecule has 0 bridgehead atoms. The molecule has 2 aromatic rings. The zero-order chi connectivity index (χ0) is 20.1. The second kappa shape index (κ2) is 8.55. The van der Waals surface area contributed by atoms with Gasteiger partial charge in [-0.3, -0.25) is 0 Å². The van der Waals surface area contributed by atoms with Gasteiger partial charge < -0.3 is 19.9 Å². The van der Waals surface area contributed by atoms with Gasteiger partial charge in [-0.15, -0.1) is 0 Å². The zero-order valence-electron chi connectivity index (χ0n) is 17.4. The van der Waals surface area contributed by atoms with Gasteiger partial charge in [0.05, 0.1) is 7.11 Å². The maximum absolute atomic E-state index is 12.5. The Morgan fingerprint density at radius 2 is 1.64 bits per heavy atom. The van der Waals surface area contributed by atoms with Gasteiger partial charge in [-0.1, -0.05) is 51.1 Å². The van der Waals surface area contributed by atoms with E-state index in [9.17, 15) is 4.79 Å². The Bertz CT molecular complexity index is 788. The number of nitrogens with zero attached hydrogens (tertiary/aromatic N) is 2. The van der Waals surface area contributed by atoms with Crippen LogP contribution in [0.5, 0.6) is 5.75 Å². The minimum atomic E-state index is -0.000394. The molecule has 0 unspecified atom stereocenters. The van der Waals surface area contributed by atoms with Gasteiger partial charge in [0, 0.05) is 38.4 Å². The third kappa shape index (κ3) is 4.77. The highest BCUT2D eigenvalue weighted by Crippen LogP contribution is 2.32. The maximum Gasteiger partial charge on any atom is 0.317 e. The normalized spacial score (nSPS) is 14.7. The summed E-state index contributed by atoms with van der Waals surface area (Å²) in [4.78, 5) is 16.8. The summed E-state index contributed by atoms with van der Waals surface area (Å²) in [5.74, 6) is 0.821. The Morgan fingerprint density at radius 3 is 2.25 bits per heavy atom. The summed E-state index contributed by atoms with van der Waals surface area (Å²) in [6.45, 7) is 10.4. The minimum absolute atomic E-state index is 0.000394. The molecule has 1 heterocycles. The van der Waals surface area contributed by atoms with Crippen LogP contribution in [0, 0.1) is 0 Å². The van der Waals surface area contributed by atoms with Crippen molar-refractivity contribution >= 4 is 11.7 Å². The average molecular weight is 382 g/mol. The Kier molecular flexibility index (Phi) is 6.12. The van der Waals surface area contributed by atoms with Crippen molar-refractivity contribution in [3.8, 4) is 5.75 Å². The summed E-state index contributed by atoms with van der Waals surface area (Å²) >= 11 is 0. The molecule has 2 amide bonds. The molecule has 1 fully saturated rings. The molecule has 1 N–H and O–H groups in total. The lowest BCUT2D eigenvalue weighted by atomic mass is 9.85. The standard InChI is InChI=1S/C23H31N3O2/c1-23(2,3)20-7-5-6-8-21(20)25-13-15-26(16-14-25)22(27)24-17-18-9-11-19(28-4)12-10-18/h5-12H,13-17H2,1-4H3,(H,24,27). The summed E-state index contributed by atoms with van der Waals surface area (Å²) in [6, 6.07) is 16.4. The molecular weight excluding hydrogens is 350 g/mol. The molecule has 0 atom stereocenters. The van der Waals surface area contributed by atoms with Crippen LogP contribution >= 0.6 is 0 Å². The molecule has 0 aliphatic carbocycles. The molecule has 1 aliphatic rings. The average Bonchev–Trinajstić information content (AvgIpc) is 2.72. The fraction of sp³-hybridized carbons (Fsp3) is 0.435. The van der Waals surface area contributed by atoms with Crippen LogP contribution < -0.4 is 15.0 Å². The number of para-hydroxylation sites is 1. The third-order valence-corrected chi connectivity index (χ3v) is 5.22.